The SMILES string of the molecule is CC1CN(C2C=C(F)C3=C(C2)N(CC(F)(F)F)C(=O)C32CCN(c3nc4c(c(=O)[nH]3)CCCN4)CC2)C[C@@H](C)O1. The number of ether oxygens (including phenoxy) is 1. The Morgan fingerprint density at radius 3 is 2.52 bits per heavy atom. The maximum Gasteiger partial charge on any atom is 0.406 e. The summed E-state index contributed by atoms with van der Waals surface area (Å²) in [5, 5.41) is 3.14. The van der Waals surface area contributed by atoms with Gasteiger partial charge in [-0.05, 0) is 45.6 Å². The van der Waals surface area contributed by atoms with E-state index in [1.807, 2.05) is 23.6 Å². The van der Waals surface area contributed by atoms with E-state index in [2.05, 4.69) is 15.3 Å². The number of nitrogens with zero attached hydrogens (tertiary/aromatic N) is 4. The Hall–Kier alpha value is -2.93. The molecule has 1 amide bonds. The lowest BCUT2D eigenvalue weighted by atomic mass is 9.71. The van der Waals surface area contributed by atoms with E-state index in [0.29, 0.717) is 43.4 Å². The van der Waals surface area contributed by atoms with Gasteiger partial charge in [-0.2, -0.15) is 18.2 Å². The van der Waals surface area contributed by atoms with Crippen molar-refractivity contribution in [2.75, 3.05) is 49.5 Å². The highest BCUT2D eigenvalue weighted by atomic mass is 19.4. The molecule has 0 aromatic carbocycles. The second kappa shape index (κ2) is 9.86. The Morgan fingerprint density at radius 1 is 1.15 bits per heavy atom. The number of fused-ring (bicyclic) bond motifs is 2. The van der Waals surface area contributed by atoms with Crippen LogP contribution in [0.5, 0.6) is 0 Å². The van der Waals surface area contributed by atoms with Crippen molar-refractivity contribution in [2.24, 2.45) is 5.41 Å². The highest BCUT2D eigenvalue weighted by Gasteiger charge is 2.58. The first-order valence-electron chi connectivity index (χ1n) is 14.0. The van der Waals surface area contributed by atoms with Gasteiger partial charge in [0.25, 0.3) is 5.56 Å². The molecule has 1 aliphatic carbocycles. The minimum absolute atomic E-state index is 0.0957. The second-order valence-electron chi connectivity index (χ2n) is 11.6. The highest BCUT2D eigenvalue weighted by Crippen LogP contribution is 2.54. The third-order valence-electron chi connectivity index (χ3n) is 8.80. The molecule has 2 saturated heterocycles. The summed E-state index contributed by atoms with van der Waals surface area (Å²) >= 11 is 0. The van der Waals surface area contributed by atoms with Crippen LogP contribution in [-0.4, -0.2) is 89.4 Å². The standard InChI is InChI=1S/C27H34F4N6O3/c1-15-12-36(13-16(2)40-15)17-10-19(28)21-20(11-17)37(14-27(29,30)31)24(39)26(21)5-8-35(9-6-26)25-33-22-18(23(38)34-25)4-3-7-32-22/h10,15-17H,3-9,11-14H2,1-2H3,(H2,32,33,34,38)/t15-,16?,17?/m1/s1. The van der Waals surface area contributed by atoms with Crippen LogP contribution in [0, 0.1) is 5.41 Å². The first kappa shape index (κ1) is 27.3. The molecule has 40 heavy (non-hydrogen) atoms. The van der Waals surface area contributed by atoms with Crippen molar-refractivity contribution < 1.29 is 27.1 Å². The molecule has 9 nitrogen and oxygen atoms in total. The van der Waals surface area contributed by atoms with Crippen LogP contribution in [0.25, 0.3) is 0 Å². The number of hydrogen-bond acceptors (Lipinski definition) is 7. The summed E-state index contributed by atoms with van der Waals surface area (Å²) in [7, 11) is 0. The molecule has 0 radical (unpaired) electrons. The van der Waals surface area contributed by atoms with Crippen LogP contribution in [0.4, 0.5) is 29.3 Å². The highest BCUT2D eigenvalue weighted by molar-refractivity contribution is 5.93. The van der Waals surface area contributed by atoms with Gasteiger partial charge in [0, 0.05) is 56.5 Å². The lowest BCUT2D eigenvalue weighted by Gasteiger charge is -2.42. The number of anilines is 2. The smallest absolute Gasteiger partial charge is 0.373 e. The molecule has 1 aromatic rings. The van der Waals surface area contributed by atoms with Crippen molar-refractivity contribution in [1.82, 2.24) is 19.8 Å². The molecule has 2 fully saturated rings. The molecule has 3 atom stereocenters. The van der Waals surface area contributed by atoms with Crippen LogP contribution < -0.4 is 15.8 Å². The number of alkyl halides is 3. The van der Waals surface area contributed by atoms with Gasteiger partial charge in [-0.25, -0.2) is 4.39 Å². The summed E-state index contributed by atoms with van der Waals surface area (Å²) in [6, 6.07) is -0.469. The third-order valence-corrected chi connectivity index (χ3v) is 8.80. The van der Waals surface area contributed by atoms with Crippen LogP contribution in [0.2, 0.25) is 0 Å². The molecule has 0 bridgehead atoms. The van der Waals surface area contributed by atoms with Crippen LogP contribution in [0.3, 0.4) is 0 Å². The van der Waals surface area contributed by atoms with E-state index in [9.17, 15) is 22.8 Å². The number of carbonyl (C=O) groups is 1. The van der Waals surface area contributed by atoms with Crippen LogP contribution in [0.15, 0.2) is 28.0 Å². The molecular formula is C27H34F4N6O3. The van der Waals surface area contributed by atoms with Gasteiger partial charge in [-0.15, -0.1) is 0 Å². The van der Waals surface area contributed by atoms with E-state index in [1.54, 1.807) is 0 Å². The summed E-state index contributed by atoms with van der Waals surface area (Å²) < 4.78 is 62.9. The molecule has 13 heteroatoms. The van der Waals surface area contributed by atoms with Crippen molar-refractivity contribution in [3.63, 3.8) is 0 Å². The lowest BCUT2D eigenvalue weighted by molar-refractivity contribution is -0.160. The van der Waals surface area contributed by atoms with Crippen molar-refractivity contribution in [3.8, 4) is 0 Å². The molecule has 5 aliphatic rings. The minimum atomic E-state index is -4.63. The number of amides is 1. The molecule has 1 aromatic heterocycles. The molecule has 0 saturated carbocycles. The summed E-state index contributed by atoms with van der Waals surface area (Å²) in [6.07, 6.45) is -1.53. The molecular weight excluding hydrogens is 532 g/mol. The molecule has 2 unspecified atom stereocenters. The number of aromatic nitrogens is 2. The summed E-state index contributed by atoms with van der Waals surface area (Å²) in [5.74, 6) is -0.442. The number of morpholine rings is 1. The van der Waals surface area contributed by atoms with E-state index < -0.39 is 35.9 Å². The first-order valence-corrected chi connectivity index (χ1v) is 14.0. The second-order valence-corrected chi connectivity index (χ2v) is 11.6. The number of nitrogens with one attached hydrogen (secondary N) is 2. The Labute approximate surface area is 229 Å². The van der Waals surface area contributed by atoms with Gasteiger partial charge in [0.2, 0.25) is 11.9 Å². The zero-order chi connectivity index (χ0) is 28.4. The third kappa shape index (κ3) is 4.70. The fourth-order valence-electron chi connectivity index (χ4n) is 7.11. The topological polar surface area (TPSA) is 93.8 Å². The number of carbonyl (C=O) groups excluding carboxylic acids is 1. The number of halogens is 4. The Balaban J connectivity index is 1.29. The molecule has 1 spiro atoms. The summed E-state index contributed by atoms with van der Waals surface area (Å²) in [4.78, 5) is 38.4. The number of hydrogen-bond donors (Lipinski definition) is 2. The van der Waals surface area contributed by atoms with Gasteiger partial charge in [0.05, 0.1) is 23.2 Å². The molecule has 4 aliphatic heterocycles. The van der Waals surface area contributed by atoms with Gasteiger partial charge in [-0.3, -0.25) is 19.5 Å². The Bertz CT molecular complexity index is 1310. The first-order chi connectivity index (χ1) is 18.9. The predicted octanol–water partition coefficient (Wildman–Crippen LogP) is 3.11. The van der Waals surface area contributed by atoms with Gasteiger partial charge in [0.1, 0.15) is 18.2 Å². The van der Waals surface area contributed by atoms with Gasteiger partial charge >= 0.3 is 6.18 Å². The fraction of sp³-hybridized carbons (Fsp3) is 0.667. The van der Waals surface area contributed by atoms with E-state index in [0.717, 1.165) is 11.3 Å². The van der Waals surface area contributed by atoms with Gasteiger partial charge in [-0.1, -0.05) is 0 Å². The number of allylic oxidation sites excluding steroid dienone is 1. The summed E-state index contributed by atoms with van der Waals surface area (Å²) in [6.45, 7) is 4.60. The zero-order valence-corrected chi connectivity index (χ0v) is 22.6. The normalized spacial score (nSPS) is 28.9. The van der Waals surface area contributed by atoms with Gasteiger partial charge in [0.15, 0.2) is 0 Å². The number of H-pyrrole nitrogens is 1. The van der Waals surface area contributed by atoms with Crippen molar-refractivity contribution in [1.29, 1.82) is 0 Å². The van der Waals surface area contributed by atoms with Gasteiger partial charge < -0.3 is 19.9 Å². The van der Waals surface area contributed by atoms with E-state index in [1.165, 1.54) is 6.08 Å². The predicted molar refractivity (Wildman–Crippen MR) is 140 cm³/mol. The van der Waals surface area contributed by atoms with E-state index in [4.69, 9.17) is 4.74 Å². The number of piperidine rings is 1. The van der Waals surface area contributed by atoms with E-state index in [-0.39, 0.29) is 61.4 Å². The van der Waals surface area contributed by atoms with Crippen LogP contribution in [-0.2, 0) is 16.0 Å². The number of rotatable bonds is 3. The molecule has 5 heterocycles. The Kier molecular flexibility index (Phi) is 6.72. The zero-order valence-electron chi connectivity index (χ0n) is 22.6. The number of aromatic amines is 1. The average Bonchev–Trinajstić information content (AvgIpc) is 3.10. The molecule has 218 valence electrons. The van der Waals surface area contributed by atoms with E-state index >= 15 is 4.39 Å². The van der Waals surface area contributed by atoms with Crippen LogP contribution in [0.1, 0.15) is 45.1 Å². The van der Waals surface area contributed by atoms with Crippen LogP contribution >= 0.6 is 0 Å². The monoisotopic (exact) mass is 566 g/mol. The lowest BCUT2D eigenvalue weighted by Crippen LogP contribution is -2.50. The van der Waals surface area contributed by atoms with Crippen molar-refractivity contribution >= 4 is 17.7 Å². The Morgan fingerprint density at radius 2 is 1.85 bits per heavy atom. The largest absolute Gasteiger partial charge is 0.406 e. The molecule has 6 rings (SSSR count). The van der Waals surface area contributed by atoms with Crippen molar-refractivity contribution in [2.45, 2.75) is 70.4 Å². The quantitative estimate of drug-likeness (QED) is 0.544. The average molecular weight is 567 g/mol. The molecule has 2 N–H and O–H groups in total. The maximum atomic E-state index is 16.0. The fourth-order valence-corrected chi connectivity index (χ4v) is 7.11. The summed E-state index contributed by atoms with van der Waals surface area (Å²) in [5.41, 5.74) is -0.788. The van der Waals surface area contributed by atoms with Crippen molar-refractivity contribution in [3.05, 3.63) is 39.1 Å². The maximum absolute atomic E-state index is 16.0. The minimum Gasteiger partial charge on any atom is -0.373 e.